The Morgan fingerprint density at radius 1 is 1.09 bits per heavy atom. The van der Waals surface area contributed by atoms with E-state index in [1.807, 2.05) is 19.9 Å². The molecule has 1 aromatic heterocycles. The van der Waals surface area contributed by atoms with Crippen molar-refractivity contribution in [2.24, 2.45) is 5.92 Å². The molecule has 1 saturated carbocycles. The van der Waals surface area contributed by atoms with Gasteiger partial charge in [-0.1, -0.05) is 19.3 Å². The highest BCUT2D eigenvalue weighted by Gasteiger charge is 2.26. The molecule has 0 unspecified atom stereocenters. The molecule has 0 radical (unpaired) electrons. The normalized spacial score (nSPS) is 20.5. The van der Waals surface area contributed by atoms with Crippen LogP contribution in [-0.4, -0.2) is 35.0 Å². The summed E-state index contributed by atoms with van der Waals surface area (Å²) in [5.74, 6) is 2.39. The molecule has 5 nitrogen and oxygen atoms in total. The molecule has 3 rings (SSSR count). The SMILES string of the molecule is Cc1cc(N2CCC(NC(=O)C3CCCCC3)CC2)nc(C)n1. The Hall–Kier alpha value is -1.65. The minimum Gasteiger partial charge on any atom is -0.356 e. The number of piperidine rings is 1. The zero-order valence-electron chi connectivity index (χ0n) is 14.3. The lowest BCUT2D eigenvalue weighted by molar-refractivity contribution is -0.126. The maximum absolute atomic E-state index is 12.4. The van der Waals surface area contributed by atoms with E-state index in [2.05, 4.69) is 20.2 Å². The van der Waals surface area contributed by atoms with Gasteiger partial charge in [0.1, 0.15) is 11.6 Å². The van der Waals surface area contributed by atoms with E-state index in [9.17, 15) is 4.79 Å². The minimum absolute atomic E-state index is 0.258. The van der Waals surface area contributed by atoms with E-state index in [1.165, 1.54) is 19.3 Å². The summed E-state index contributed by atoms with van der Waals surface area (Å²) in [6, 6.07) is 2.37. The van der Waals surface area contributed by atoms with Crippen LogP contribution in [0.3, 0.4) is 0 Å². The monoisotopic (exact) mass is 316 g/mol. The molecule has 1 saturated heterocycles. The Balaban J connectivity index is 1.51. The number of aryl methyl sites for hydroxylation is 2. The van der Waals surface area contributed by atoms with Crippen LogP contribution < -0.4 is 10.2 Å². The van der Waals surface area contributed by atoms with Crippen LogP contribution in [0.1, 0.15) is 56.5 Å². The molecule has 0 aromatic carbocycles. The second kappa shape index (κ2) is 7.28. The van der Waals surface area contributed by atoms with Crippen molar-refractivity contribution in [3.05, 3.63) is 17.6 Å². The molecule has 1 amide bonds. The van der Waals surface area contributed by atoms with Gasteiger partial charge in [0.2, 0.25) is 5.91 Å². The molecule has 1 aromatic rings. The van der Waals surface area contributed by atoms with E-state index in [-0.39, 0.29) is 11.8 Å². The van der Waals surface area contributed by atoms with E-state index in [1.54, 1.807) is 0 Å². The number of nitrogens with zero attached hydrogens (tertiary/aromatic N) is 3. The van der Waals surface area contributed by atoms with Crippen LogP contribution in [0, 0.1) is 19.8 Å². The van der Waals surface area contributed by atoms with Crippen LogP contribution in [0.4, 0.5) is 5.82 Å². The highest BCUT2D eigenvalue weighted by atomic mass is 16.1. The second-order valence-electron chi connectivity index (χ2n) is 7.02. The predicted molar refractivity (Wildman–Crippen MR) is 91.5 cm³/mol. The van der Waals surface area contributed by atoms with E-state index < -0.39 is 0 Å². The molecule has 2 aliphatic rings. The maximum Gasteiger partial charge on any atom is 0.223 e. The van der Waals surface area contributed by atoms with Gasteiger partial charge in [-0.3, -0.25) is 4.79 Å². The molecule has 1 aliphatic heterocycles. The lowest BCUT2D eigenvalue weighted by Crippen LogP contribution is -2.46. The fourth-order valence-electron chi connectivity index (χ4n) is 3.80. The molecular weight excluding hydrogens is 288 g/mol. The van der Waals surface area contributed by atoms with Crippen LogP contribution in [0.2, 0.25) is 0 Å². The van der Waals surface area contributed by atoms with Gasteiger partial charge >= 0.3 is 0 Å². The highest BCUT2D eigenvalue weighted by molar-refractivity contribution is 5.79. The Kier molecular flexibility index (Phi) is 5.13. The topological polar surface area (TPSA) is 58.1 Å². The van der Waals surface area contributed by atoms with Gasteiger partial charge in [-0.05, 0) is 39.5 Å². The summed E-state index contributed by atoms with van der Waals surface area (Å²) < 4.78 is 0. The fourth-order valence-corrected chi connectivity index (χ4v) is 3.80. The van der Waals surface area contributed by atoms with Crippen molar-refractivity contribution in [1.29, 1.82) is 0 Å². The van der Waals surface area contributed by atoms with E-state index in [0.29, 0.717) is 6.04 Å². The van der Waals surface area contributed by atoms with Crippen LogP contribution in [0.15, 0.2) is 6.07 Å². The third kappa shape index (κ3) is 4.21. The summed E-state index contributed by atoms with van der Waals surface area (Å²) in [4.78, 5) is 23.6. The first-order valence-corrected chi connectivity index (χ1v) is 8.99. The van der Waals surface area contributed by atoms with Gasteiger partial charge in [0.05, 0.1) is 0 Å². The predicted octanol–water partition coefficient (Wildman–Crippen LogP) is 2.76. The number of carbonyl (C=O) groups is 1. The Bertz CT molecular complexity index is 526. The number of amides is 1. The highest BCUT2D eigenvalue weighted by Crippen LogP contribution is 2.25. The zero-order chi connectivity index (χ0) is 16.2. The third-order valence-corrected chi connectivity index (χ3v) is 5.09. The van der Waals surface area contributed by atoms with Crippen LogP contribution in [0.5, 0.6) is 0 Å². The first-order chi connectivity index (χ1) is 11.1. The molecule has 0 bridgehead atoms. The zero-order valence-corrected chi connectivity index (χ0v) is 14.3. The van der Waals surface area contributed by atoms with Gasteiger partial charge in [0.15, 0.2) is 0 Å². The number of nitrogens with one attached hydrogen (secondary N) is 1. The average molecular weight is 316 g/mol. The first kappa shape index (κ1) is 16.2. The number of carbonyl (C=O) groups excluding carboxylic acids is 1. The van der Waals surface area contributed by atoms with Crippen molar-refractivity contribution >= 4 is 11.7 Å². The smallest absolute Gasteiger partial charge is 0.223 e. The van der Waals surface area contributed by atoms with Crippen molar-refractivity contribution in [3.63, 3.8) is 0 Å². The van der Waals surface area contributed by atoms with Crippen LogP contribution in [0.25, 0.3) is 0 Å². The Morgan fingerprint density at radius 2 is 1.78 bits per heavy atom. The van der Waals surface area contributed by atoms with Crippen molar-refractivity contribution in [3.8, 4) is 0 Å². The third-order valence-electron chi connectivity index (χ3n) is 5.09. The van der Waals surface area contributed by atoms with Crippen molar-refractivity contribution in [2.75, 3.05) is 18.0 Å². The van der Waals surface area contributed by atoms with E-state index >= 15 is 0 Å². The summed E-state index contributed by atoms with van der Waals surface area (Å²) in [5.41, 5.74) is 1.01. The first-order valence-electron chi connectivity index (χ1n) is 8.99. The molecule has 2 fully saturated rings. The van der Waals surface area contributed by atoms with Gasteiger partial charge < -0.3 is 10.2 Å². The quantitative estimate of drug-likeness (QED) is 0.931. The van der Waals surface area contributed by atoms with Crippen LogP contribution in [-0.2, 0) is 4.79 Å². The molecule has 23 heavy (non-hydrogen) atoms. The van der Waals surface area contributed by atoms with E-state index in [4.69, 9.17) is 0 Å². The number of anilines is 1. The van der Waals surface area contributed by atoms with Gasteiger partial charge in [0, 0.05) is 36.8 Å². The Labute approximate surface area is 138 Å². The standard InChI is InChI=1S/C18H28N4O/c1-13-12-17(20-14(2)19-13)22-10-8-16(9-11-22)21-18(23)15-6-4-3-5-7-15/h12,15-16H,3-11H2,1-2H3,(H,21,23). The number of hydrogen-bond acceptors (Lipinski definition) is 4. The number of hydrogen-bond donors (Lipinski definition) is 1. The molecular formula is C18H28N4O. The molecule has 126 valence electrons. The summed E-state index contributed by atoms with van der Waals surface area (Å²) in [6.07, 6.45) is 7.86. The van der Waals surface area contributed by atoms with Gasteiger partial charge in [-0.15, -0.1) is 0 Å². The molecule has 5 heteroatoms. The summed E-state index contributed by atoms with van der Waals surface area (Å²) in [7, 11) is 0. The van der Waals surface area contributed by atoms with Crippen molar-refractivity contribution in [2.45, 2.75) is 64.8 Å². The fraction of sp³-hybridized carbons (Fsp3) is 0.722. The summed E-state index contributed by atoms with van der Waals surface area (Å²) in [5, 5.41) is 3.28. The lowest BCUT2D eigenvalue weighted by atomic mass is 9.88. The minimum atomic E-state index is 0.258. The summed E-state index contributed by atoms with van der Waals surface area (Å²) in [6.45, 7) is 5.85. The molecule has 2 heterocycles. The maximum atomic E-state index is 12.4. The number of rotatable bonds is 3. The van der Waals surface area contributed by atoms with Crippen molar-refractivity contribution in [1.82, 2.24) is 15.3 Å². The second-order valence-corrected chi connectivity index (χ2v) is 7.02. The average Bonchev–Trinajstić information content (AvgIpc) is 2.55. The molecule has 0 spiro atoms. The lowest BCUT2D eigenvalue weighted by Gasteiger charge is -2.34. The Morgan fingerprint density at radius 3 is 2.43 bits per heavy atom. The van der Waals surface area contributed by atoms with Gasteiger partial charge in [0.25, 0.3) is 0 Å². The summed E-state index contributed by atoms with van der Waals surface area (Å²) >= 11 is 0. The van der Waals surface area contributed by atoms with Crippen LogP contribution >= 0.6 is 0 Å². The molecule has 1 N–H and O–H groups in total. The van der Waals surface area contributed by atoms with Crippen molar-refractivity contribution < 1.29 is 4.79 Å². The van der Waals surface area contributed by atoms with Gasteiger partial charge in [-0.25, -0.2) is 9.97 Å². The van der Waals surface area contributed by atoms with Gasteiger partial charge in [-0.2, -0.15) is 0 Å². The molecule has 1 aliphatic carbocycles. The molecule has 0 atom stereocenters. The number of aromatic nitrogens is 2. The largest absolute Gasteiger partial charge is 0.356 e. The van der Waals surface area contributed by atoms with E-state index in [0.717, 1.165) is 56.1 Å².